The van der Waals surface area contributed by atoms with E-state index in [9.17, 15) is 0 Å². The fourth-order valence-electron chi connectivity index (χ4n) is 2.37. The molecular formula is C13H19N5OS. The Morgan fingerprint density at radius 2 is 2.00 bits per heavy atom. The molecule has 0 unspecified atom stereocenters. The van der Waals surface area contributed by atoms with E-state index in [2.05, 4.69) is 20.0 Å². The summed E-state index contributed by atoms with van der Waals surface area (Å²) in [6, 6.07) is 0. The third kappa shape index (κ3) is 2.99. The minimum absolute atomic E-state index is 0.503. The first-order chi connectivity index (χ1) is 9.86. The van der Waals surface area contributed by atoms with Crippen LogP contribution in [0, 0.1) is 0 Å². The number of hydrogen-bond acceptors (Lipinski definition) is 7. The molecule has 1 aliphatic heterocycles. The van der Waals surface area contributed by atoms with Crippen LogP contribution in [0.5, 0.6) is 0 Å². The van der Waals surface area contributed by atoms with Gasteiger partial charge in [0.1, 0.15) is 5.69 Å². The topological polar surface area (TPSA) is 81.1 Å². The third-order valence-corrected chi connectivity index (χ3v) is 4.34. The minimum atomic E-state index is 0.503. The van der Waals surface area contributed by atoms with Gasteiger partial charge in [-0.05, 0) is 24.5 Å². The molecule has 0 atom stereocenters. The summed E-state index contributed by atoms with van der Waals surface area (Å²) in [5.41, 5.74) is 6.29. The van der Waals surface area contributed by atoms with E-state index in [0.717, 1.165) is 30.2 Å². The number of aromatic nitrogens is 3. The molecule has 0 spiro atoms. The first-order valence-electron chi connectivity index (χ1n) is 7.10. The van der Waals surface area contributed by atoms with Crippen molar-refractivity contribution in [3.8, 4) is 11.6 Å². The second kappa shape index (κ2) is 6.32. The Morgan fingerprint density at radius 1 is 1.20 bits per heavy atom. The third-order valence-electron chi connectivity index (χ3n) is 3.43. The lowest BCUT2D eigenvalue weighted by Crippen LogP contribution is -2.24. The van der Waals surface area contributed by atoms with Gasteiger partial charge in [-0.3, -0.25) is 0 Å². The number of thiazole rings is 1. The van der Waals surface area contributed by atoms with Crippen LogP contribution >= 0.6 is 11.3 Å². The zero-order valence-electron chi connectivity index (χ0n) is 11.4. The van der Waals surface area contributed by atoms with Gasteiger partial charge >= 0.3 is 0 Å². The molecule has 1 aliphatic rings. The lowest BCUT2D eigenvalue weighted by molar-refractivity contribution is 0.428. The van der Waals surface area contributed by atoms with Gasteiger partial charge in [-0.1, -0.05) is 12.8 Å². The van der Waals surface area contributed by atoms with Crippen molar-refractivity contribution in [2.24, 2.45) is 5.73 Å². The maximum atomic E-state index is 5.53. The number of rotatable bonds is 4. The molecule has 6 nitrogen and oxygen atoms in total. The maximum Gasteiger partial charge on any atom is 0.278 e. The Hall–Kier alpha value is -1.47. The van der Waals surface area contributed by atoms with Gasteiger partial charge in [0, 0.05) is 24.9 Å². The zero-order valence-corrected chi connectivity index (χ0v) is 12.2. The molecule has 2 aromatic rings. The molecule has 0 bridgehead atoms. The average molecular weight is 293 g/mol. The molecule has 108 valence electrons. The van der Waals surface area contributed by atoms with Gasteiger partial charge in [0.15, 0.2) is 0 Å². The van der Waals surface area contributed by atoms with E-state index in [1.807, 2.05) is 5.38 Å². The fraction of sp³-hybridized carbons (Fsp3) is 0.615. The number of anilines is 1. The highest BCUT2D eigenvalue weighted by atomic mass is 32.1. The first kappa shape index (κ1) is 13.5. The molecule has 7 heteroatoms. The van der Waals surface area contributed by atoms with E-state index in [0.29, 0.717) is 18.4 Å². The van der Waals surface area contributed by atoms with Crippen molar-refractivity contribution >= 4 is 17.3 Å². The van der Waals surface area contributed by atoms with Gasteiger partial charge in [0.2, 0.25) is 0 Å². The van der Waals surface area contributed by atoms with Crippen LogP contribution in [0.1, 0.15) is 30.7 Å². The van der Waals surface area contributed by atoms with Crippen molar-refractivity contribution in [3.63, 3.8) is 0 Å². The van der Waals surface area contributed by atoms with Crippen LogP contribution in [0.2, 0.25) is 0 Å². The van der Waals surface area contributed by atoms with Gasteiger partial charge < -0.3 is 15.2 Å². The predicted molar refractivity (Wildman–Crippen MR) is 78.8 cm³/mol. The molecule has 1 saturated heterocycles. The zero-order chi connectivity index (χ0) is 13.8. The molecule has 20 heavy (non-hydrogen) atoms. The predicted octanol–water partition coefficient (Wildman–Crippen LogP) is 2.07. The monoisotopic (exact) mass is 293 g/mol. The summed E-state index contributed by atoms with van der Waals surface area (Å²) in [6.45, 7) is 2.62. The Morgan fingerprint density at radius 3 is 2.75 bits per heavy atom. The SMILES string of the molecule is NCCc1nc(-c2nc(N3CCCCCC3)no2)cs1. The summed E-state index contributed by atoms with van der Waals surface area (Å²) in [5.74, 6) is 1.19. The normalized spacial score (nSPS) is 16.4. The molecule has 2 aromatic heterocycles. The number of nitrogens with zero attached hydrogens (tertiary/aromatic N) is 4. The van der Waals surface area contributed by atoms with Crippen molar-refractivity contribution < 1.29 is 4.52 Å². The van der Waals surface area contributed by atoms with E-state index < -0.39 is 0 Å². The Labute approximate surface area is 122 Å². The first-order valence-corrected chi connectivity index (χ1v) is 7.98. The van der Waals surface area contributed by atoms with E-state index >= 15 is 0 Å². The van der Waals surface area contributed by atoms with Crippen LogP contribution in [0.25, 0.3) is 11.6 Å². The highest BCUT2D eigenvalue weighted by molar-refractivity contribution is 7.09. The summed E-state index contributed by atoms with van der Waals surface area (Å²) in [4.78, 5) is 11.2. The number of hydrogen-bond donors (Lipinski definition) is 1. The van der Waals surface area contributed by atoms with Crippen LogP contribution in [-0.4, -0.2) is 34.8 Å². The second-order valence-corrected chi connectivity index (χ2v) is 5.91. The molecular weight excluding hydrogens is 274 g/mol. The summed E-state index contributed by atoms with van der Waals surface area (Å²) in [5, 5.41) is 7.05. The molecule has 0 amide bonds. The van der Waals surface area contributed by atoms with Crippen molar-refractivity contribution in [3.05, 3.63) is 10.4 Å². The standard InChI is InChI=1S/C13H19N5OS/c14-6-5-11-15-10(9-20-11)12-16-13(17-19-12)18-7-3-1-2-4-8-18/h9H,1-8,14H2. The van der Waals surface area contributed by atoms with Crippen molar-refractivity contribution in [2.45, 2.75) is 32.1 Å². The molecule has 0 radical (unpaired) electrons. The van der Waals surface area contributed by atoms with Gasteiger partial charge in [-0.15, -0.1) is 11.3 Å². The lowest BCUT2D eigenvalue weighted by Gasteiger charge is -2.16. The van der Waals surface area contributed by atoms with E-state index in [4.69, 9.17) is 10.3 Å². The highest BCUT2D eigenvalue weighted by Crippen LogP contribution is 2.23. The van der Waals surface area contributed by atoms with Gasteiger partial charge in [-0.2, -0.15) is 4.98 Å². The van der Waals surface area contributed by atoms with Crippen molar-refractivity contribution in [1.82, 2.24) is 15.1 Å². The summed E-state index contributed by atoms with van der Waals surface area (Å²) < 4.78 is 5.35. The van der Waals surface area contributed by atoms with Crippen LogP contribution in [-0.2, 0) is 6.42 Å². The van der Waals surface area contributed by atoms with Crippen LogP contribution < -0.4 is 10.6 Å². The largest absolute Gasteiger partial charge is 0.338 e. The molecule has 2 N–H and O–H groups in total. The Kier molecular flexibility index (Phi) is 4.27. The van der Waals surface area contributed by atoms with E-state index in [1.165, 1.54) is 25.7 Å². The molecule has 1 fully saturated rings. The minimum Gasteiger partial charge on any atom is -0.338 e. The molecule has 0 aromatic carbocycles. The van der Waals surface area contributed by atoms with E-state index in [-0.39, 0.29) is 0 Å². The summed E-state index contributed by atoms with van der Waals surface area (Å²) >= 11 is 1.58. The van der Waals surface area contributed by atoms with Crippen molar-refractivity contribution in [1.29, 1.82) is 0 Å². The molecule has 3 rings (SSSR count). The van der Waals surface area contributed by atoms with Gasteiger partial charge in [0.25, 0.3) is 11.8 Å². The van der Waals surface area contributed by atoms with Crippen LogP contribution in [0.3, 0.4) is 0 Å². The number of nitrogens with two attached hydrogens (primary N) is 1. The lowest BCUT2D eigenvalue weighted by atomic mass is 10.2. The van der Waals surface area contributed by atoms with Crippen LogP contribution in [0.15, 0.2) is 9.90 Å². The second-order valence-electron chi connectivity index (χ2n) is 4.97. The van der Waals surface area contributed by atoms with E-state index in [1.54, 1.807) is 11.3 Å². The quantitative estimate of drug-likeness (QED) is 0.929. The fourth-order valence-corrected chi connectivity index (χ4v) is 3.15. The Bertz CT molecular complexity index is 544. The summed E-state index contributed by atoms with van der Waals surface area (Å²) in [6.07, 6.45) is 5.76. The molecule has 0 aliphatic carbocycles. The molecule has 3 heterocycles. The van der Waals surface area contributed by atoms with Gasteiger partial charge in [-0.25, -0.2) is 4.98 Å². The smallest absolute Gasteiger partial charge is 0.278 e. The molecule has 0 saturated carbocycles. The van der Waals surface area contributed by atoms with Crippen LogP contribution in [0.4, 0.5) is 5.95 Å². The average Bonchev–Trinajstić information content (AvgIpc) is 3.03. The summed E-state index contributed by atoms with van der Waals surface area (Å²) in [7, 11) is 0. The van der Waals surface area contributed by atoms with Crippen molar-refractivity contribution in [2.75, 3.05) is 24.5 Å². The van der Waals surface area contributed by atoms with Gasteiger partial charge in [0.05, 0.1) is 5.01 Å². The highest BCUT2D eigenvalue weighted by Gasteiger charge is 2.18. The maximum absolute atomic E-state index is 5.53. The Balaban J connectivity index is 1.74.